The summed E-state index contributed by atoms with van der Waals surface area (Å²) in [5.74, 6) is 0.642. The molecule has 1 aromatic heterocycles. The van der Waals surface area contributed by atoms with Gasteiger partial charge in [-0.05, 0) is 53.6 Å². The highest BCUT2D eigenvalue weighted by atomic mass is 35.5. The molecule has 3 N–H and O–H groups in total. The molecule has 4 rings (SSSR count). The van der Waals surface area contributed by atoms with Gasteiger partial charge in [-0.2, -0.15) is 0 Å². The van der Waals surface area contributed by atoms with Crippen LogP contribution in [-0.4, -0.2) is 18.4 Å². The van der Waals surface area contributed by atoms with Crippen LogP contribution in [0, 0.1) is 0 Å². The second-order valence-electron chi connectivity index (χ2n) is 6.39. The molecule has 146 valence electrons. The monoisotopic (exact) mass is 443 g/mol. The van der Waals surface area contributed by atoms with E-state index in [9.17, 15) is 8.42 Å². The van der Waals surface area contributed by atoms with E-state index in [-0.39, 0.29) is 4.90 Å². The number of aromatic amines is 1. The lowest BCUT2D eigenvalue weighted by atomic mass is 10.1. The van der Waals surface area contributed by atoms with Gasteiger partial charge in [-0.15, -0.1) is 0 Å². The summed E-state index contributed by atoms with van der Waals surface area (Å²) in [5.41, 5.74) is 3.61. The van der Waals surface area contributed by atoms with Crippen molar-refractivity contribution in [3.63, 3.8) is 0 Å². The van der Waals surface area contributed by atoms with Gasteiger partial charge in [-0.3, -0.25) is 0 Å². The molecule has 0 bridgehead atoms. The first kappa shape index (κ1) is 19.7. The Balaban J connectivity index is 1.72. The molecule has 0 aliphatic rings. The average Bonchev–Trinajstić information content (AvgIpc) is 3.08. The van der Waals surface area contributed by atoms with E-state index in [0.29, 0.717) is 21.4 Å². The van der Waals surface area contributed by atoms with Gasteiger partial charge in [0.1, 0.15) is 5.82 Å². The number of benzene rings is 3. The van der Waals surface area contributed by atoms with E-state index in [1.807, 2.05) is 36.4 Å². The fourth-order valence-electron chi connectivity index (χ4n) is 3.03. The molecular weight excluding hydrogens is 429 g/mol. The number of aromatic nitrogens is 2. The number of rotatable bonds is 4. The van der Waals surface area contributed by atoms with Gasteiger partial charge in [0, 0.05) is 15.6 Å². The second kappa shape index (κ2) is 7.65. The number of nitrogens with one attached hydrogen (secondary N) is 1. The van der Waals surface area contributed by atoms with E-state index in [1.165, 1.54) is 6.07 Å². The molecule has 0 amide bonds. The Morgan fingerprint density at radius 3 is 2.52 bits per heavy atom. The zero-order valence-electron chi connectivity index (χ0n) is 14.9. The number of sulfonamides is 1. The lowest BCUT2D eigenvalue weighted by Gasteiger charge is -2.07. The highest BCUT2D eigenvalue weighted by Crippen LogP contribution is 2.29. The van der Waals surface area contributed by atoms with Gasteiger partial charge in [-0.25, -0.2) is 18.5 Å². The lowest BCUT2D eigenvalue weighted by molar-refractivity contribution is 0.598. The van der Waals surface area contributed by atoms with Crippen molar-refractivity contribution in [3.8, 4) is 11.1 Å². The summed E-state index contributed by atoms with van der Waals surface area (Å²) < 4.78 is 23.8. The Morgan fingerprint density at radius 1 is 0.966 bits per heavy atom. The molecular formula is C21H15Cl2N3O2S. The summed E-state index contributed by atoms with van der Waals surface area (Å²) in [6.45, 7) is 0. The van der Waals surface area contributed by atoms with Crippen LogP contribution in [0.2, 0.25) is 10.0 Å². The summed E-state index contributed by atoms with van der Waals surface area (Å²) in [5, 5.41) is 6.47. The van der Waals surface area contributed by atoms with E-state index in [1.54, 1.807) is 30.3 Å². The predicted octanol–water partition coefficient (Wildman–Crippen LogP) is 5.35. The maximum atomic E-state index is 11.9. The number of primary sulfonamides is 1. The standard InChI is InChI=1S/C21H15Cl2N3O2S/c22-15-8-5-13(17(23)12-15)7-10-21-25-18-9-6-14(11-19(18)26-21)16-3-1-2-4-20(16)29(24,27)28/h1-12H,(H,25,26)(H2,24,27,28). The van der Waals surface area contributed by atoms with Crippen molar-refractivity contribution in [1.29, 1.82) is 0 Å². The summed E-state index contributed by atoms with van der Waals surface area (Å²) in [4.78, 5) is 7.82. The first-order valence-electron chi connectivity index (χ1n) is 8.56. The fourth-order valence-corrected chi connectivity index (χ4v) is 4.27. The Hall–Kier alpha value is -2.64. The van der Waals surface area contributed by atoms with Gasteiger partial charge in [0.05, 0.1) is 15.9 Å². The highest BCUT2D eigenvalue weighted by molar-refractivity contribution is 7.89. The molecule has 1 heterocycles. The van der Waals surface area contributed by atoms with E-state index >= 15 is 0 Å². The van der Waals surface area contributed by atoms with E-state index < -0.39 is 10.0 Å². The van der Waals surface area contributed by atoms with Crippen LogP contribution in [0.5, 0.6) is 0 Å². The predicted molar refractivity (Wildman–Crippen MR) is 118 cm³/mol. The van der Waals surface area contributed by atoms with Gasteiger partial charge >= 0.3 is 0 Å². The molecule has 0 unspecified atom stereocenters. The van der Waals surface area contributed by atoms with Crippen molar-refractivity contribution in [3.05, 3.63) is 82.1 Å². The molecule has 0 saturated heterocycles. The van der Waals surface area contributed by atoms with Crippen molar-refractivity contribution in [2.45, 2.75) is 4.90 Å². The van der Waals surface area contributed by atoms with Gasteiger partial charge in [0.2, 0.25) is 10.0 Å². The van der Waals surface area contributed by atoms with Crippen LogP contribution in [0.15, 0.2) is 65.6 Å². The van der Waals surface area contributed by atoms with Crippen LogP contribution in [0.3, 0.4) is 0 Å². The van der Waals surface area contributed by atoms with Crippen molar-refractivity contribution in [2.75, 3.05) is 0 Å². The molecule has 4 aromatic rings. The second-order valence-corrected chi connectivity index (χ2v) is 8.77. The smallest absolute Gasteiger partial charge is 0.238 e. The number of nitrogens with two attached hydrogens (primary N) is 1. The van der Waals surface area contributed by atoms with Crippen LogP contribution in [0.4, 0.5) is 0 Å². The quantitative estimate of drug-likeness (QED) is 0.445. The van der Waals surface area contributed by atoms with Gasteiger partial charge in [0.15, 0.2) is 0 Å². The molecule has 0 aliphatic heterocycles. The van der Waals surface area contributed by atoms with Gasteiger partial charge in [-0.1, -0.05) is 53.5 Å². The summed E-state index contributed by atoms with van der Waals surface area (Å²) in [6.07, 6.45) is 3.65. The minimum absolute atomic E-state index is 0.0800. The van der Waals surface area contributed by atoms with Crippen molar-refractivity contribution in [2.24, 2.45) is 5.14 Å². The van der Waals surface area contributed by atoms with Crippen LogP contribution >= 0.6 is 23.2 Å². The van der Waals surface area contributed by atoms with Gasteiger partial charge in [0.25, 0.3) is 0 Å². The zero-order chi connectivity index (χ0) is 20.6. The molecule has 0 aliphatic carbocycles. The number of hydrogen-bond donors (Lipinski definition) is 2. The Kier molecular flexibility index (Phi) is 5.19. The number of H-pyrrole nitrogens is 1. The number of nitrogens with zero attached hydrogens (tertiary/aromatic N) is 1. The van der Waals surface area contributed by atoms with Crippen molar-refractivity contribution >= 4 is 56.4 Å². The molecule has 5 nitrogen and oxygen atoms in total. The topological polar surface area (TPSA) is 88.8 Å². The van der Waals surface area contributed by atoms with Crippen LogP contribution < -0.4 is 5.14 Å². The number of halogens is 2. The Morgan fingerprint density at radius 2 is 1.76 bits per heavy atom. The zero-order valence-corrected chi connectivity index (χ0v) is 17.3. The first-order chi connectivity index (χ1) is 13.8. The third kappa shape index (κ3) is 4.21. The first-order valence-corrected chi connectivity index (χ1v) is 10.9. The third-order valence-electron chi connectivity index (χ3n) is 4.39. The van der Waals surface area contributed by atoms with Crippen LogP contribution in [0.25, 0.3) is 34.3 Å². The lowest BCUT2D eigenvalue weighted by Crippen LogP contribution is -2.13. The van der Waals surface area contributed by atoms with Crippen molar-refractivity contribution < 1.29 is 8.42 Å². The summed E-state index contributed by atoms with van der Waals surface area (Å²) in [7, 11) is -3.84. The molecule has 29 heavy (non-hydrogen) atoms. The van der Waals surface area contributed by atoms with E-state index in [2.05, 4.69) is 9.97 Å². The summed E-state index contributed by atoms with van der Waals surface area (Å²) >= 11 is 12.1. The maximum Gasteiger partial charge on any atom is 0.238 e. The minimum Gasteiger partial charge on any atom is -0.338 e. The fraction of sp³-hybridized carbons (Fsp3) is 0. The molecule has 0 fully saturated rings. The highest BCUT2D eigenvalue weighted by Gasteiger charge is 2.15. The Labute approximate surface area is 177 Å². The normalized spacial score (nSPS) is 12.1. The Bertz CT molecular complexity index is 1360. The number of fused-ring (bicyclic) bond motifs is 1. The van der Waals surface area contributed by atoms with Crippen LogP contribution in [-0.2, 0) is 10.0 Å². The molecule has 0 radical (unpaired) electrons. The SMILES string of the molecule is NS(=O)(=O)c1ccccc1-c1ccc2nc(C=Cc3ccc(Cl)cc3Cl)[nH]c2c1. The van der Waals surface area contributed by atoms with Crippen molar-refractivity contribution in [1.82, 2.24) is 9.97 Å². The summed E-state index contributed by atoms with van der Waals surface area (Å²) in [6, 6.07) is 17.4. The average molecular weight is 444 g/mol. The molecule has 3 aromatic carbocycles. The molecule has 0 spiro atoms. The molecule has 0 atom stereocenters. The largest absolute Gasteiger partial charge is 0.338 e. The third-order valence-corrected chi connectivity index (χ3v) is 5.92. The van der Waals surface area contributed by atoms with E-state index in [0.717, 1.165) is 22.2 Å². The van der Waals surface area contributed by atoms with Gasteiger partial charge < -0.3 is 4.98 Å². The number of hydrogen-bond acceptors (Lipinski definition) is 3. The maximum absolute atomic E-state index is 11.9. The molecule has 8 heteroatoms. The number of imidazole rings is 1. The van der Waals surface area contributed by atoms with E-state index in [4.69, 9.17) is 28.3 Å². The minimum atomic E-state index is -3.84. The van der Waals surface area contributed by atoms with Crippen LogP contribution in [0.1, 0.15) is 11.4 Å². The molecule has 0 saturated carbocycles.